The monoisotopic (exact) mass is 302 g/mol. The zero-order valence-corrected chi connectivity index (χ0v) is 13.3. The first-order chi connectivity index (χ1) is 10.4. The first-order valence-electron chi connectivity index (χ1n) is 7.76. The van der Waals surface area contributed by atoms with Crippen LogP contribution in [0.15, 0.2) is 24.3 Å². The number of hydrogen-bond donors (Lipinski definition) is 1. The van der Waals surface area contributed by atoms with Gasteiger partial charge in [0.1, 0.15) is 5.82 Å². The predicted octanol–water partition coefficient (Wildman–Crippen LogP) is 3.70. The lowest BCUT2D eigenvalue weighted by atomic mass is 10.1. The molecule has 1 aliphatic heterocycles. The first-order valence-corrected chi connectivity index (χ1v) is 8.53. The van der Waals surface area contributed by atoms with Gasteiger partial charge >= 0.3 is 0 Å². The van der Waals surface area contributed by atoms with E-state index in [1.54, 1.807) is 0 Å². The molecule has 21 heavy (non-hydrogen) atoms. The van der Waals surface area contributed by atoms with E-state index in [-0.39, 0.29) is 0 Å². The fourth-order valence-corrected chi connectivity index (χ4v) is 3.39. The highest BCUT2D eigenvalue weighted by molar-refractivity contribution is 7.09. The molecule has 2 heterocycles. The Morgan fingerprint density at radius 2 is 2.00 bits per heavy atom. The maximum Gasteiger partial charge on any atom is 0.202 e. The molecular weight excluding hydrogens is 280 g/mol. The molecule has 0 spiro atoms. The van der Waals surface area contributed by atoms with E-state index in [1.165, 1.54) is 55.1 Å². The van der Waals surface area contributed by atoms with Gasteiger partial charge in [-0.05, 0) is 30.9 Å². The van der Waals surface area contributed by atoms with Crippen molar-refractivity contribution in [1.82, 2.24) is 9.36 Å². The molecule has 4 nitrogen and oxygen atoms in total. The van der Waals surface area contributed by atoms with Gasteiger partial charge in [-0.2, -0.15) is 4.37 Å². The van der Waals surface area contributed by atoms with Gasteiger partial charge in [-0.1, -0.05) is 25.1 Å². The molecule has 1 N–H and O–H groups in total. The summed E-state index contributed by atoms with van der Waals surface area (Å²) < 4.78 is 4.32. The largest absolute Gasteiger partial charge is 0.371 e. The van der Waals surface area contributed by atoms with Gasteiger partial charge in [0.25, 0.3) is 0 Å². The Balaban J connectivity index is 1.69. The topological polar surface area (TPSA) is 41.1 Å². The number of aromatic nitrogens is 2. The Morgan fingerprint density at radius 3 is 2.76 bits per heavy atom. The Kier molecular flexibility index (Phi) is 4.70. The van der Waals surface area contributed by atoms with Crippen molar-refractivity contribution in [2.45, 2.75) is 39.2 Å². The first kappa shape index (κ1) is 14.3. The van der Waals surface area contributed by atoms with E-state index in [0.717, 1.165) is 23.9 Å². The van der Waals surface area contributed by atoms with Crippen molar-refractivity contribution in [2.75, 3.05) is 23.3 Å². The Bertz CT molecular complexity index is 575. The second-order valence-corrected chi connectivity index (χ2v) is 6.15. The van der Waals surface area contributed by atoms with Gasteiger partial charge in [-0.3, -0.25) is 0 Å². The summed E-state index contributed by atoms with van der Waals surface area (Å²) in [5, 5.41) is 4.33. The highest BCUT2D eigenvalue weighted by atomic mass is 32.1. The molecule has 0 atom stereocenters. The summed E-state index contributed by atoms with van der Waals surface area (Å²) in [7, 11) is 0. The van der Waals surface area contributed by atoms with E-state index >= 15 is 0 Å². The summed E-state index contributed by atoms with van der Waals surface area (Å²) in [6.07, 6.45) is 4.86. The summed E-state index contributed by atoms with van der Waals surface area (Å²) in [5.41, 5.74) is 2.71. The molecular formula is C16H22N4S. The van der Waals surface area contributed by atoms with Gasteiger partial charge in [0.15, 0.2) is 0 Å². The molecule has 0 unspecified atom stereocenters. The lowest BCUT2D eigenvalue weighted by molar-refractivity contribution is 0.576. The molecule has 1 saturated heterocycles. The number of aryl methyl sites for hydroxylation is 1. The van der Waals surface area contributed by atoms with Gasteiger partial charge in [-0.25, -0.2) is 4.98 Å². The lowest BCUT2D eigenvalue weighted by Gasteiger charge is -2.30. The minimum absolute atomic E-state index is 0.811. The van der Waals surface area contributed by atoms with Crippen molar-refractivity contribution in [2.24, 2.45) is 0 Å². The van der Waals surface area contributed by atoms with Gasteiger partial charge in [-0.15, -0.1) is 0 Å². The van der Waals surface area contributed by atoms with Crippen LogP contribution in [0.4, 0.5) is 10.8 Å². The number of nitrogens with one attached hydrogen (secondary N) is 1. The van der Waals surface area contributed by atoms with Crippen molar-refractivity contribution in [3.8, 4) is 0 Å². The fraction of sp³-hybridized carbons (Fsp3) is 0.500. The molecule has 0 amide bonds. The van der Waals surface area contributed by atoms with Crippen molar-refractivity contribution < 1.29 is 0 Å². The molecule has 1 aromatic heterocycles. The Labute approximate surface area is 130 Å². The quantitative estimate of drug-likeness (QED) is 0.914. The molecule has 5 heteroatoms. The van der Waals surface area contributed by atoms with E-state index in [4.69, 9.17) is 0 Å². The van der Waals surface area contributed by atoms with E-state index in [9.17, 15) is 0 Å². The maximum absolute atomic E-state index is 4.47. The smallest absolute Gasteiger partial charge is 0.202 e. The third-order valence-electron chi connectivity index (χ3n) is 3.90. The maximum atomic E-state index is 4.47. The van der Waals surface area contributed by atoms with Crippen LogP contribution in [-0.4, -0.2) is 22.4 Å². The van der Waals surface area contributed by atoms with Crippen LogP contribution in [0.1, 0.15) is 37.6 Å². The second kappa shape index (κ2) is 6.89. The molecule has 2 aromatic rings. The molecule has 0 saturated carbocycles. The van der Waals surface area contributed by atoms with E-state index in [0.29, 0.717) is 0 Å². The van der Waals surface area contributed by atoms with Crippen LogP contribution in [0, 0.1) is 0 Å². The van der Waals surface area contributed by atoms with Gasteiger partial charge in [0.05, 0.1) is 0 Å². The standard InChI is InChI=1S/C16H22N4S/c1-2-15-18-16(21-19-15)17-12-13-8-4-5-9-14(13)20-10-6-3-7-11-20/h4-5,8-9H,2-3,6-7,10-12H2,1H3,(H,17,18,19). The van der Waals surface area contributed by atoms with E-state index in [2.05, 4.69) is 50.8 Å². The fourth-order valence-electron chi connectivity index (χ4n) is 2.74. The van der Waals surface area contributed by atoms with Crippen LogP contribution >= 0.6 is 11.5 Å². The lowest BCUT2D eigenvalue weighted by Crippen LogP contribution is -2.30. The number of nitrogens with zero attached hydrogens (tertiary/aromatic N) is 3. The minimum atomic E-state index is 0.811. The van der Waals surface area contributed by atoms with Crippen LogP contribution in [0.5, 0.6) is 0 Å². The molecule has 1 aliphatic rings. The molecule has 112 valence electrons. The van der Waals surface area contributed by atoms with Gasteiger partial charge in [0.2, 0.25) is 5.13 Å². The summed E-state index contributed by atoms with van der Waals surface area (Å²) in [5.74, 6) is 0.923. The summed E-state index contributed by atoms with van der Waals surface area (Å²) in [6.45, 7) is 5.24. The highest BCUT2D eigenvalue weighted by Gasteiger charge is 2.14. The van der Waals surface area contributed by atoms with Gasteiger partial charge < -0.3 is 10.2 Å². The molecule has 3 rings (SSSR count). The zero-order chi connectivity index (χ0) is 14.5. The molecule has 0 radical (unpaired) electrons. The minimum Gasteiger partial charge on any atom is -0.371 e. The zero-order valence-electron chi connectivity index (χ0n) is 12.5. The average Bonchev–Trinajstić information content (AvgIpc) is 3.02. The van der Waals surface area contributed by atoms with E-state index in [1.807, 2.05) is 0 Å². The third-order valence-corrected chi connectivity index (χ3v) is 4.61. The van der Waals surface area contributed by atoms with Crippen molar-refractivity contribution in [1.29, 1.82) is 0 Å². The van der Waals surface area contributed by atoms with Crippen molar-refractivity contribution >= 4 is 22.4 Å². The molecule has 0 aliphatic carbocycles. The van der Waals surface area contributed by atoms with Crippen LogP contribution in [-0.2, 0) is 13.0 Å². The van der Waals surface area contributed by atoms with Crippen LogP contribution in [0.25, 0.3) is 0 Å². The molecule has 1 aromatic carbocycles. The molecule has 0 bridgehead atoms. The predicted molar refractivity (Wildman–Crippen MR) is 89.1 cm³/mol. The number of rotatable bonds is 5. The summed E-state index contributed by atoms with van der Waals surface area (Å²) >= 11 is 1.45. The Hall–Kier alpha value is -1.62. The number of hydrogen-bond acceptors (Lipinski definition) is 5. The highest BCUT2D eigenvalue weighted by Crippen LogP contribution is 2.25. The summed E-state index contributed by atoms with van der Waals surface area (Å²) in [6, 6.07) is 8.69. The SMILES string of the molecule is CCc1nsc(NCc2ccccc2N2CCCCC2)n1. The van der Waals surface area contributed by atoms with Crippen molar-refractivity contribution in [3.63, 3.8) is 0 Å². The number of anilines is 2. The van der Waals surface area contributed by atoms with E-state index < -0.39 is 0 Å². The normalized spacial score (nSPS) is 15.2. The number of benzene rings is 1. The summed E-state index contributed by atoms with van der Waals surface area (Å²) in [4.78, 5) is 6.98. The van der Waals surface area contributed by atoms with Crippen LogP contribution in [0.3, 0.4) is 0 Å². The second-order valence-electron chi connectivity index (χ2n) is 5.40. The average molecular weight is 302 g/mol. The third kappa shape index (κ3) is 3.53. The number of piperidine rings is 1. The van der Waals surface area contributed by atoms with Crippen molar-refractivity contribution in [3.05, 3.63) is 35.7 Å². The van der Waals surface area contributed by atoms with Crippen LogP contribution in [0.2, 0.25) is 0 Å². The van der Waals surface area contributed by atoms with Crippen LogP contribution < -0.4 is 10.2 Å². The van der Waals surface area contributed by atoms with Gasteiger partial charge in [0, 0.05) is 43.3 Å². The Morgan fingerprint density at radius 1 is 1.19 bits per heavy atom. The number of para-hydroxylation sites is 1. The molecule has 1 fully saturated rings.